The Hall–Kier alpha value is -2.56. The molecule has 5 nitrogen and oxygen atoms in total. The zero-order chi connectivity index (χ0) is 14.5. The van der Waals surface area contributed by atoms with Crippen LogP contribution in [0, 0.1) is 6.92 Å². The van der Waals surface area contributed by atoms with Gasteiger partial charge in [-0.3, -0.25) is 9.59 Å². The molecule has 104 valence electrons. The van der Waals surface area contributed by atoms with Crippen LogP contribution in [0.2, 0.25) is 0 Å². The van der Waals surface area contributed by atoms with Crippen molar-refractivity contribution in [2.75, 3.05) is 5.32 Å². The van der Waals surface area contributed by atoms with Crippen LogP contribution in [0.4, 0.5) is 5.69 Å². The van der Waals surface area contributed by atoms with Gasteiger partial charge in [0.25, 0.3) is 5.91 Å². The lowest BCUT2D eigenvalue weighted by atomic mass is 10.1. The van der Waals surface area contributed by atoms with Crippen molar-refractivity contribution in [3.8, 4) is 0 Å². The van der Waals surface area contributed by atoms with Crippen molar-refractivity contribution in [1.29, 1.82) is 0 Å². The first-order valence-electron chi connectivity index (χ1n) is 6.23. The first-order valence-corrected chi connectivity index (χ1v) is 6.23. The number of benzene rings is 1. The van der Waals surface area contributed by atoms with Crippen molar-refractivity contribution in [1.82, 2.24) is 0 Å². The summed E-state index contributed by atoms with van der Waals surface area (Å²) < 4.78 is 5.24. The lowest BCUT2D eigenvalue weighted by Crippen LogP contribution is -2.11. The maximum absolute atomic E-state index is 11.9. The second kappa shape index (κ2) is 6.06. The second-order valence-corrected chi connectivity index (χ2v) is 4.46. The normalized spacial score (nSPS) is 10.2. The molecule has 20 heavy (non-hydrogen) atoms. The van der Waals surface area contributed by atoms with Gasteiger partial charge >= 0.3 is 5.97 Å². The fourth-order valence-electron chi connectivity index (χ4n) is 1.81. The molecular formula is C15H15NO4. The number of aliphatic carboxylic acids is 1. The van der Waals surface area contributed by atoms with Gasteiger partial charge in [-0.05, 0) is 43.2 Å². The van der Waals surface area contributed by atoms with E-state index in [0.717, 1.165) is 5.56 Å². The Morgan fingerprint density at radius 3 is 2.70 bits per heavy atom. The van der Waals surface area contributed by atoms with E-state index in [-0.39, 0.29) is 18.1 Å². The van der Waals surface area contributed by atoms with E-state index in [1.807, 2.05) is 6.07 Å². The van der Waals surface area contributed by atoms with Crippen LogP contribution >= 0.6 is 0 Å². The van der Waals surface area contributed by atoms with Gasteiger partial charge in [0, 0.05) is 12.1 Å². The third-order valence-electron chi connectivity index (χ3n) is 2.78. The van der Waals surface area contributed by atoms with Gasteiger partial charge in [-0.2, -0.15) is 0 Å². The molecule has 2 rings (SSSR count). The van der Waals surface area contributed by atoms with E-state index in [1.165, 1.54) is 0 Å². The molecule has 1 heterocycles. The van der Waals surface area contributed by atoms with Gasteiger partial charge in [0.1, 0.15) is 5.76 Å². The third kappa shape index (κ3) is 3.71. The van der Waals surface area contributed by atoms with E-state index >= 15 is 0 Å². The molecule has 0 saturated carbocycles. The van der Waals surface area contributed by atoms with Crippen molar-refractivity contribution in [2.24, 2.45) is 0 Å². The number of anilines is 1. The molecule has 0 aliphatic rings. The van der Waals surface area contributed by atoms with E-state index in [0.29, 0.717) is 17.9 Å². The number of carboxylic acids is 1. The second-order valence-electron chi connectivity index (χ2n) is 4.46. The molecule has 0 aliphatic carbocycles. The molecule has 1 aromatic carbocycles. The summed E-state index contributed by atoms with van der Waals surface area (Å²) in [5.41, 5.74) is 1.48. The first kappa shape index (κ1) is 13.9. The largest absolute Gasteiger partial charge is 0.481 e. The fraction of sp³-hybridized carbons (Fsp3) is 0.200. The van der Waals surface area contributed by atoms with E-state index in [4.69, 9.17) is 9.52 Å². The minimum atomic E-state index is -0.842. The average molecular weight is 273 g/mol. The number of aryl methyl sites for hydroxylation is 2. The van der Waals surface area contributed by atoms with E-state index in [2.05, 4.69) is 5.32 Å². The number of amides is 1. The van der Waals surface area contributed by atoms with Crippen LogP contribution in [-0.2, 0) is 11.2 Å². The van der Waals surface area contributed by atoms with E-state index < -0.39 is 5.97 Å². The van der Waals surface area contributed by atoms with Crippen molar-refractivity contribution in [3.05, 3.63) is 53.5 Å². The molecule has 2 N–H and O–H groups in total. The van der Waals surface area contributed by atoms with Gasteiger partial charge in [-0.25, -0.2) is 0 Å². The zero-order valence-electron chi connectivity index (χ0n) is 11.1. The quantitative estimate of drug-likeness (QED) is 0.877. The van der Waals surface area contributed by atoms with Crippen LogP contribution in [0.5, 0.6) is 0 Å². The van der Waals surface area contributed by atoms with Gasteiger partial charge in [0.05, 0.1) is 0 Å². The Morgan fingerprint density at radius 2 is 2.05 bits per heavy atom. The highest BCUT2D eigenvalue weighted by Gasteiger charge is 2.10. The van der Waals surface area contributed by atoms with Gasteiger partial charge < -0.3 is 14.8 Å². The van der Waals surface area contributed by atoms with E-state index in [9.17, 15) is 9.59 Å². The summed E-state index contributed by atoms with van der Waals surface area (Å²) in [6, 6.07) is 10.4. The number of hydrogen-bond acceptors (Lipinski definition) is 3. The Bertz CT molecular complexity index is 630. The molecule has 1 amide bonds. The van der Waals surface area contributed by atoms with Crippen molar-refractivity contribution in [3.63, 3.8) is 0 Å². The number of carbonyl (C=O) groups is 2. The molecule has 1 aromatic heterocycles. The molecule has 0 fully saturated rings. The Balaban J connectivity index is 2.04. The number of carboxylic acid groups (broad SMARTS) is 1. The average Bonchev–Trinajstić information content (AvgIpc) is 2.84. The summed E-state index contributed by atoms with van der Waals surface area (Å²) in [6.07, 6.45) is 0.494. The smallest absolute Gasteiger partial charge is 0.303 e. The summed E-state index contributed by atoms with van der Waals surface area (Å²) >= 11 is 0. The van der Waals surface area contributed by atoms with Crippen LogP contribution in [0.15, 0.2) is 40.8 Å². The molecule has 0 bridgehead atoms. The maximum atomic E-state index is 11.9. The van der Waals surface area contributed by atoms with Crippen molar-refractivity contribution in [2.45, 2.75) is 19.8 Å². The number of carbonyl (C=O) groups excluding carboxylic acids is 1. The molecular weight excluding hydrogens is 258 g/mol. The van der Waals surface area contributed by atoms with Gasteiger partial charge in [-0.1, -0.05) is 12.1 Å². The SMILES string of the molecule is Cc1ccc(C(=O)Nc2cccc(CCC(=O)O)c2)o1. The highest BCUT2D eigenvalue weighted by molar-refractivity contribution is 6.02. The third-order valence-corrected chi connectivity index (χ3v) is 2.78. The molecule has 2 aromatic rings. The van der Waals surface area contributed by atoms with Gasteiger partial charge in [0.15, 0.2) is 5.76 Å². The van der Waals surface area contributed by atoms with Crippen molar-refractivity contribution < 1.29 is 19.1 Å². The lowest BCUT2D eigenvalue weighted by Gasteiger charge is -2.05. The molecule has 0 aliphatic heterocycles. The summed E-state index contributed by atoms with van der Waals surface area (Å²) in [5.74, 6) is -0.247. The standard InChI is InChI=1S/C15H15NO4/c1-10-5-7-13(20-10)15(19)16-12-4-2-3-11(9-12)6-8-14(17)18/h2-5,7,9H,6,8H2,1H3,(H,16,19)(H,17,18). The molecule has 5 heteroatoms. The number of rotatable bonds is 5. The topological polar surface area (TPSA) is 79.5 Å². The molecule has 0 spiro atoms. The number of furan rings is 1. The highest BCUT2D eigenvalue weighted by atomic mass is 16.4. The van der Waals surface area contributed by atoms with Crippen LogP contribution in [0.25, 0.3) is 0 Å². The maximum Gasteiger partial charge on any atom is 0.303 e. The van der Waals surface area contributed by atoms with Crippen LogP contribution in [0.1, 0.15) is 28.3 Å². The lowest BCUT2D eigenvalue weighted by molar-refractivity contribution is -0.136. The molecule has 0 radical (unpaired) electrons. The molecule has 0 unspecified atom stereocenters. The Kier molecular flexibility index (Phi) is 4.20. The Morgan fingerprint density at radius 1 is 1.25 bits per heavy atom. The monoisotopic (exact) mass is 273 g/mol. The van der Waals surface area contributed by atoms with Gasteiger partial charge in [0.2, 0.25) is 0 Å². The van der Waals surface area contributed by atoms with E-state index in [1.54, 1.807) is 37.3 Å². The summed E-state index contributed by atoms with van der Waals surface area (Å²) in [7, 11) is 0. The first-order chi connectivity index (χ1) is 9.54. The minimum absolute atomic E-state index is 0.0643. The van der Waals surface area contributed by atoms with Crippen molar-refractivity contribution >= 4 is 17.6 Å². The number of hydrogen-bond donors (Lipinski definition) is 2. The molecule has 0 saturated heterocycles. The number of nitrogens with one attached hydrogen (secondary N) is 1. The summed E-state index contributed by atoms with van der Waals surface area (Å²) in [4.78, 5) is 22.4. The minimum Gasteiger partial charge on any atom is -0.481 e. The Labute approximate surface area is 116 Å². The molecule has 0 atom stereocenters. The summed E-state index contributed by atoms with van der Waals surface area (Å²) in [5, 5.41) is 11.4. The predicted octanol–water partition coefficient (Wildman–Crippen LogP) is 2.86. The zero-order valence-corrected chi connectivity index (χ0v) is 11.1. The van der Waals surface area contributed by atoms with Crippen LogP contribution in [-0.4, -0.2) is 17.0 Å². The van der Waals surface area contributed by atoms with Crippen LogP contribution < -0.4 is 5.32 Å². The summed E-state index contributed by atoms with van der Waals surface area (Å²) in [6.45, 7) is 1.77. The van der Waals surface area contributed by atoms with Crippen LogP contribution in [0.3, 0.4) is 0 Å². The van der Waals surface area contributed by atoms with Gasteiger partial charge in [-0.15, -0.1) is 0 Å². The highest BCUT2D eigenvalue weighted by Crippen LogP contribution is 2.14. The predicted molar refractivity (Wildman–Crippen MR) is 73.8 cm³/mol. The fourth-order valence-corrected chi connectivity index (χ4v) is 1.81.